The third-order valence-electron chi connectivity index (χ3n) is 11.8. The fraction of sp³-hybridized carbons (Fsp3) is 0. The highest BCUT2D eigenvalue weighted by Gasteiger charge is 2.23. The summed E-state index contributed by atoms with van der Waals surface area (Å²) in [6.07, 6.45) is 0. The molecule has 11 aromatic rings. The van der Waals surface area contributed by atoms with Crippen LogP contribution in [0.2, 0.25) is 0 Å². The van der Waals surface area contributed by atoms with Crippen molar-refractivity contribution in [3.63, 3.8) is 0 Å². The van der Waals surface area contributed by atoms with Crippen LogP contribution >= 0.6 is 0 Å². The minimum Gasteiger partial charge on any atom is -0.309 e. The minimum absolute atomic E-state index is 1.08. The van der Waals surface area contributed by atoms with Gasteiger partial charge < -0.3 is 9.47 Å². The molecule has 0 bridgehead atoms. The van der Waals surface area contributed by atoms with Crippen LogP contribution in [0.4, 0.5) is 17.1 Å². The lowest BCUT2D eigenvalue weighted by atomic mass is 9.95. The van der Waals surface area contributed by atoms with Crippen LogP contribution in [0.15, 0.2) is 243 Å². The van der Waals surface area contributed by atoms with E-state index >= 15 is 0 Å². The Morgan fingerprint density at radius 2 is 0.717 bits per heavy atom. The predicted molar refractivity (Wildman–Crippen MR) is 255 cm³/mol. The van der Waals surface area contributed by atoms with Crippen LogP contribution in [0.5, 0.6) is 0 Å². The van der Waals surface area contributed by atoms with Gasteiger partial charge in [0.15, 0.2) is 0 Å². The molecular formula is C58H40N2. The lowest BCUT2D eigenvalue weighted by molar-refractivity contribution is 1.18. The zero-order valence-electron chi connectivity index (χ0n) is 33.0. The molecule has 0 saturated heterocycles. The molecule has 0 aliphatic heterocycles. The molecule has 10 aromatic carbocycles. The number of para-hydroxylation sites is 5. The van der Waals surface area contributed by atoms with Gasteiger partial charge >= 0.3 is 0 Å². The van der Waals surface area contributed by atoms with E-state index in [0.717, 1.165) is 45.0 Å². The van der Waals surface area contributed by atoms with Gasteiger partial charge in [-0.15, -0.1) is 0 Å². The van der Waals surface area contributed by atoms with E-state index in [2.05, 4.69) is 252 Å². The summed E-state index contributed by atoms with van der Waals surface area (Å²) in [5, 5.41) is 4.98. The highest BCUT2D eigenvalue weighted by atomic mass is 15.1. The molecule has 1 heterocycles. The zero-order valence-corrected chi connectivity index (χ0v) is 33.0. The molecule has 0 aliphatic carbocycles. The minimum atomic E-state index is 1.08. The molecule has 282 valence electrons. The summed E-state index contributed by atoms with van der Waals surface area (Å²) in [5.74, 6) is 0. The molecule has 0 spiro atoms. The Kier molecular flexibility index (Phi) is 8.87. The molecule has 0 fully saturated rings. The van der Waals surface area contributed by atoms with Crippen molar-refractivity contribution < 1.29 is 0 Å². The Balaban J connectivity index is 1.11. The Morgan fingerprint density at radius 1 is 0.267 bits per heavy atom. The van der Waals surface area contributed by atoms with Gasteiger partial charge in [-0.2, -0.15) is 0 Å². The third kappa shape index (κ3) is 6.14. The third-order valence-corrected chi connectivity index (χ3v) is 11.8. The summed E-state index contributed by atoms with van der Waals surface area (Å²) in [5.41, 5.74) is 16.2. The first-order chi connectivity index (χ1) is 29.8. The summed E-state index contributed by atoms with van der Waals surface area (Å²) in [6, 6.07) is 87.9. The van der Waals surface area contributed by atoms with Gasteiger partial charge in [-0.1, -0.05) is 200 Å². The van der Waals surface area contributed by atoms with Crippen molar-refractivity contribution in [3.05, 3.63) is 243 Å². The van der Waals surface area contributed by atoms with E-state index in [-0.39, 0.29) is 0 Å². The molecule has 0 N–H and O–H groups in total. The van der Waals surface area contributed by atoms with Gasteiger partial charge in [-0.05, 0) is 81.1 Å². The highest BCUT2D eigenvalue weighted by Crippen LogP contribution is 2.47. The van der Waals surface area contributed by atoms with E-state index in [1.54, 1.807) is 0 Å². The Morgan fingerprint density at radius 3 is 1.43 bits per heavy atom. The maximum Gasteiger partial charge on any atom is 0.0541 e. The summed E-state index contributed by atoms with van der Waals surface area (Å²) < 4.78 is 2.43. The Bertz CT molecular complexity index is 3240. The number of hydrogen-bond acceptors (Lipinski definition) is 1. The second-order valence-corrected chi connectivity index (χ2v) is 15.3. The normalized spacial score (nSPS) is 11.3. The average molecular weight is 765 g/mol. The van der Waals surface area contributed by atoms with Crippen molar-refractivity contribution >= 4 is 49.6 Å². The monoisotopic (exact) mass is 764 g/mol. The van der Waals surface area contributed by atoms with Crippen LogP contribution < -0.4 is 4.90 Å². The van der Waals surface area contributed by atoms with Crippen molar-refractivity contribution in [2.75, 3.05) is 4.90 Å². The van der Waals surface area contributed by atoms with E-state index in [4.69, 9.17) is 0 Å². The number of rotatable bonds is 8. The van der Waals surface area contributed by atoms with Gasteiger partial charge in [0.05, 0.1) is 28.1 Å². The molecule has 0 amide bonds. The van der Waals surface area contributed by atoms with Gasteiger partial charge in [0.25, 0.3) is 0 Å². The topological polar surface area (TPSA) is 8.17 Å². The predicted octanol–water partition coefficient (Wildman–Crippen LogP) is 16.1. The van der Waals surface area contributed by atoms with Crippen molar-refractivity contribution in [1.29, 1.82) is 0 Å². The van der Waals surface area contributed by atoms with Crippen LogP contribution in [0, 0.1) is 0 Å². The van der Waals surface area contributed by atoms with Crippen LogP contribution in [-0.4, -0.2) is 4.57 Å². The molecule has 0 saturated carbocycles. The molecule has 2 heteroatoms. The molecule has 1 aromatic heterocycles. The van der Waals surface area contributed by atoms with E-state index < -0.39 is 0 Å². The van der Waals surface area contributed by atoms with Crippen molar-refractivity contribution in [3.8, 4) is 50.2 Å². The average Bonchev–Trinajstić information content (AvgIpc) is 3.67. The van der Waals surface area contributed by atoms with Crippen molar-refractivity contribution in [2.24, 2.45) is 0 Å². The fourth-order valence-electron chi connectivity index (χ4n) is 9.04. The zero-order chi connectivity index (χ0) is 39.8. The number of benzene rings is 10. The lowest BCUT2D eigenvalue weighted by Gasteiger charge is -2.30. The van der Waals surface area contributed by atoms with Gasteiger partial charge in [-0.25, -0.2) is 0 Å². The molecule has 0 aliphatic rings. The van der Waals surface area contributed by atoms with Gasteiger partial charge in [0.2, 0.25) is 0 Å². The van der Waals surface area contributed by atoms with E-state index in [0.29, 0.717) is 0 Å². The van der Waals surface area contributed by atoms with E-state index in [1.807, 2.05) is 0 Å². The first kappa shape index (κ1) is 35.2. The Hall–Kier alpha value is -7.94. The SMILES string of the molecule is c1ccc(-c2ccc(-c3ccccc3N(c3ccc(-c4cccc5ccccc45)cc3)c3ccccc3-c3ccccc3-n3c4ccccc4c4ccccc43)cc2)cc1. The lowest BCUT2D eigenvalue weighted by Crippen LogP contribution is -2.13. The van der Waals surface area contributed by atoms with Crippen LogP contribution in [0.1, 0.15) is 0 Å². The van der Waals surface area contributed by atoms with E-state index in [9.17, 15) is 0 Å². The number of aromatic nitrogens is 1. The van der Waals surface area contributed by atoms with Crippen LogP contribution in [0.3, 0.4) is 0 Å². The standard InChI is InChI=1S/C58H40N2/c1-2-17-41(18-3-1)42-33-35-45(36-34-42)49-22-6-11-28-54(49)59(46-39-37-44(38-40-46)48-27-16-20-43-19-4-5-21-47(43)48)55-29-12-7-23-50(55)51-24-8-13-30-56(51)60-57-31-14-9-25-52(57)53-26-10-15-32-58(53)60/h1-40H. The van der Waals surface area contributed by atoms with Crippen molar-refractivity contribution in [1.82, 2.24) is 4.57 Å². The smallest absolute Gasteiger partial charge is 0.0541 e. The van der Waals surface area contributed by atoms with Crippen molar-refractivity contribution in [2.45, 2.75) is 0 Å². The largest absolute Gasteiger partial charge is 0.309 e. The second-order valence-electron chi connectivity index (χ2n) is 15.3. The number of nitrogens with zero attached hydrogens (tertiary/aromatic N) is 2. The fourth-order valence-corrected chi connectivity index (χ4v) is 9.04. The summed E-state index contributed by atoms with van der Waals surface area (Å²) in [4.78, 5) is 2.45. The maximum atomic E-state index is 2.45. The van der Waals surface area contributed by atoms with Gasteiger partial charge in [0, 0.05) is 33.2 Å². The Labute approximate surface area is 350 Å². The number of fused-ring (bicyclic) bond motifs is 4. The highest BCUT2D eigenvalue weighted by molar-refractivity contribution is 6.10. The van der Waals surface area contributed by atoms with E-state index in [1.165, 1.54) is 54.8 Å². The number of hydrogen-bond donors (Lipinski definition) is 0. The van der Waals surface area contributed by atoms with Crippen LogP contribution in [0.25, 0.3) is 82.8 Å². The van der Waals surface area contributed by atoms with Gasteiger partial charge in [0.1, 0.15) is 0 Å². The quantitative estimate of drug-likeness (QED) is 0.150. The van der Waals surface area contributed by atoms with Gasteiger partial charge in [-0.3, -0.25) is 0 Å². The molecule has 0 unspecified atom stereocenters. The summed E-state index contributed by atoms with van der Waals surface area (Å²) in [7, 11) is 0. The second kappa shape index (κ2) is 15.1. The first-order valence-electron chi connectivity index (χ1n) is 20.6. The van der Waals surface area contributed by atoms with Crippen LogP contribution in [-0.2, 0) is 0 Å². The molecule has 2 nitrogen and oxygen atoms in total. The molecule has 0 atom stereocenters. The number of anilines is 3. The maximum absolute atomic E-state index is 2.45. The first-order valence-corrected chi connectivity index (χ1v) is 20.6. The molecule has 11 rings (SSSR count). The molecule has 0 radical (unpaired) electrons. The molecule has 60 heavy (non-hydrogen) atoms. The summed E-state index contributed by atoms with van der Waals surface area (Å²) in [6.45, 7) is 0. The summed E-state index contributed by atoms with van der Waals surface area (Å²) >= 11 is 0. The molecular weight excluding hydrogens is 725 g/mol.